The number of hydrogen-bond acceptors (Lipinski definition) is 4. The van der Waals surface area contributed by atoms with Crippen LogP contribution in [-0.4, -0.2) is 11.8 Å². The molecule has 5 nitrogen and oxygen atoms in total. The average molecular weight is 191 g/mol. The van der Waals surface area contributed by atoms with Crippen molar-refractivity contribution in [2.45, 2.75) is 25.7 Å². The van der Waals surface area contributed by atoms with Gasteiger partial charge in [0.25, 0.3) is 0 Å². The molecule has 1 aliphatic rings. The van der Waals surface area contributed by atoms with E-state index in [2.05, 4.69) is 5.32 Å². The topological polar surface area (TPSA) is 93.8 Å². The van der Waals surface area contributed by atoms with Gasteiger partial charge in [0.1, 0.15) is 0 Å². The summed E-state index contributed by atoms with van der Waals surface area (Å²) in [6.07, 6.45) is 0.487. The second-order valence-electron chi connectivity index (χ2n) is 3.38. The van der Waals surface area contributed by atoms with E-state index in [-0.39, 0.29) is 25.7 Å². The van der Waals surface area contributed by atoms with Crippen LogP contribution in [0.5, 0.6) is 0 Å². The lowest BCUT2D eigenvalue weighted by Gasteiger charge is -2.28. The molecule has 0 aliphatic carbocycles. The molecule has 0 spiro atoms. The van der Waals surface area contributed by atoms with Crippen molar-refractivity contribution in [3.63, 3.8) is 0 Å². The van der Waals surface area contributed by atoms with Gasteiger partial charge in [0.15, 0.2) is 0 Å². The van der Waals surface area contributed by atoms with Crippen LogP contribution in [0.25, 0.3) is 0 Å². The number of carbonyl (C=O) groups is 2. The van der Waals surface area contributed by atoms with E-state index in [0.717, 1.165) is 0 Å². The molecule has 0 aromatic carbocycles. The summed E-state index contributed by atoms with van der Waals surface area (Å²) in [4.78, 5) is 22.1. The predicted octanol–water partition coefficient (Wildman–Crippen LogP) is 0.237. The maximum Gasteiger partial charge on any atom is 0.228 e. The quantitative estimate of drug-likeness (QED) is 0.632. The molecule has 0 aromatic rings. The summed E-state index contributed by atoms with van der Waals surface area (Å²) in [5, 5.41) is 19.4. The van der Waals surface area contributed by atoms with E-state index in [1.807, 2.05) is 12.1 Å². The zero-order valence-electron chi connectivity index (χ0n) is 7.54. The smallest absolute Gasteiger partial charge is 0.228 e. The van der Waals surface area contributed by atoms with Crippen molar-refractivity contribution in [3.8, 4) is 12.1 Å². The Morgan fingerprint density at radius 1 is 1.29 bits per heavy atom. The van der Waals surface area contributed by atoms with Gasteiger partial charge in [-0.3, -0.25) is 14.9 Å². The number of imide groups is 1. The Hall–Kier alpha value is -1.88. The summed E-state index contributed by atoms with van der Waals surface area (Å²) in [6.45, 7) is 0. The lowest BCUT2D eigenvalue weighted by molar-refractivity contribution is -0.136. The lowest BCUT2D eigenvalue weighted by atomic mass is 9.76. The molecular formula is C9H9N3O2. The highest BCUT2D eigenvalue weighted by molar-refractivity contribution is 5.98. The van der Waals surface area contributed by atoms with Gasteiger partial charge in [0.05, 0.1) is 17.6 Å². The number of nitrogens with zero attached hydrogens (tertiary/aromatic N) is 2. The fourth-order valence-electron chi connectivity index (χ4n) is 1.53. The van der Waals surface area contributed by atoms with Gasteiger partial charge in [-0.2, -0.15) is 10.5 Å². The molecule has 0 atom stereocenters. The van der Waals surface area contributed by atoms with Crippen LogP contribution in [0.3, 0.4) is 0 Å². The SMILES string of the molecule is N#CCCC1(C#N)CC(=O)NC(=O)C1. The molecule has 0 bridgehead atoms. The summed E-state index contributed by atoms with van der Waals surface area (Å²) in [5.41, 5.74) is -0.963. The second kappa shape index (κ2) is 3.89. The van der Waals surface area contributed by atoms with E-state index >= 15 is 0 Å². The number of piperidine rings is 1. The van der Waals surface area contributed by atoms with Crippen LogP contribution in [0.4, 0.5) is 0 Å². The molecule has 1 N–H and O–H groups in total. The molecule has 1 fully saturated rings. The summed E-state index contributed by atoms with van der Waals surface area (Å²) < 4.78 is 0. The molecule has 0 aromatic heterocycles. The minimum absolute atomic E-state index is 0.0108. The molecule has 1 heterocycles. The summed E-state index contributed by atoms with van der Waals surface area (Å²) >= 11 is 0. The summed E-state index contributed by atoms with van der Waals surface area (Å²) in [7, 11) is 0. The van der Waals surface area contributed by atoms with Gasteiger partial charge in [-0.15, -0.1) is 0 Å². The van der Waals surface area contributed by atoms with Crippen molar-refractivity contribution in [2.75, 3.05) is 0 Å². The number of carbonyl (C=O) groups excluding carboxylic acids is 2. The lowest BCUT2D eigenvalue weighted by Crippen LogP contribution is -2.44. The number of hydrogen-bond donors (Lipinski definition) is 1. The van der Waals surface area contributed by atoms with Crippen molar-refractivity contribution in [3.05, 3.63) is 0 Å². The highest BCUT2D eigenvalue weighted by Gasteiger charge is 2.39. The van der Waals surface area contributed by atoms with Gasteiger partial charge >= 0.3 is 0 Å². The molecule has 72 valence electrons. The predicted molar refractivity (Wildman–Crippen MR) is 45.3 cm³/mol. The van der Waals surface area contributed by atoms with E-state index in [1.54, 1.807) is 0 Å². The Balaban J connectivity index is 2.79. The minimum Gasteiger partial charge on any atom is -0.296 e. The Labute approximate surface area is 81.3 Å². The maximum atomic E-state index is 11.0. The standard InChI is InChI=1S/C9H9N3O2/c10-3-1-2-9(6-11)4-7(13)12-8(14)5-9/h1-2,4-5H2,(H,12,13,14). The fourth-order valence-corrected chi connectivity index (χ4v) is 1.53. The number of nitriles is 2. The highest BCUT2D eigenvalue weighted by atomic mass is 16.2. The van der Waals surface area contributed by atoms with Crippen LogP contribution in [0.2, 0.25) is 0 Å². The van der Waals surface area contributed by atoms with Crippen LogP contribution >= 0.6 is 0 Å². The fraction of sp³-hybridized carbons (Fsp3) is 0.556. The molecular weight excluding hydrogens is 182 g/mol. The van der Waals surface area contributed by atoms with E-state index in [4.69, 9.17) is 10.5 Å². The number of amides is 2. The first kappa shape index (κ1) is 10.2. The Morgan fingerprint density at radius 3 is 2.29 bits per heavy atom. The van der Waals surface area contributed by atoms with E-state index in [0.29, 0.717) is 0 Å². The van der Waals surface area contributed by atoms with E-state index < -0.39 is 17.2 Å². The molecule has 14 heavy (non-hydrogen) atoms. The van der Waals surface area contributed by atoms with Crippen molar-refractivity contribution in [2.24, 2.45) is 5.41 Å². The normalized spacial score (nSPS) is 19.3. The van der Waals surface area contributed by atoms with E-state index in [1.165, 1.54) is 0 Å². The summed E-state index contributed by atoms with van der Waals surface area (Å²) in [6, 6.07) is 3.89. The first-order valence-electron chi connectivity index (χ1n) is 4.23. The number of rotatable bonds is 2. The van der Waals surface area contributed by atoms with Gasteiger partial charge in [0.2, 0.25) is 11.8 Å². The van der Waals surface area contributed by atoms with Crippen LogP contribution < -0.4 is 5.32 Å². The largest absolute Gasteiger partial charge is 0.296 e. The molecule has 1 aliphatic heterocycles. The van der Waals surface area contributed by atoms with Crippen LogP contribution in [0.15, 0.2) is 0 Å². The third kappa shape index (κ3) is 2.08. The van der Waals surface area contributed by atoms with Gasteiger partial charge < -0.3 is 0 Å². The third-order valence-electron chi connectivity index (χ3n) is 2.23. The van der Waals surface area contributed by atoms with Gasteiger partial charge in [-0.1, -0.05) is 0 Å². The third-order valence-corrected chi connectivity index (χ3v) is 2.23. The van der Waals surface area contributed by atoms with Crippen molar-refractivity contribution >= 4 is 11.8 Å². The second-order valence-corrected chi connectivity index (χ2v) is 3.38. The Morgan fingerprint density at radius 2 is 1.86 bits per heavy atom. The van der Waals surface area contributed by atoms with Crippen LogP contribution in [-0.2, 0) is 9.59 Å². The first-order valence-corrected chi connectivity index (χ1v) is 4.23. The van der Waals surface area contributed by atoms with Gasteiger partial charge in [-0.25, -0.2) is 0 Å². The molecule has 0 radical (unpaired) electrons. The molecule has 0 saturated carbocycles. The monoisotopic (exact) mass is 191 g/mol. The van der Waals surface area contributed by atoms with Crippen LogP contribution in [0, 0.1) is 28.1 Å². The van der Waals surface area contributed by atoms with Crippen LogP contribution in [0.1, 0.15) is 25.7 Å². The number of nitrogens with one attached hydrogen (secondary N) is 1. The van der Waals surface area contributed by atoms with Gasteiger partial charge in [0, 0.05) is 19.3 Å². The van der Waals surface area contributed by atoms with Crippen molar-refractivity contribution in [1.29, 1.82) is 10.5 Å². The summed E-state index contributed by atoms with van der Waals surface area (Å²) in [5.74, 6) is -0.860. The maximum absolute atomic E-state index is 11.0. The average Bonchev–Trinajstić information content (AvgIpc) is 2.13. The molecule has 2 amide bonds. The molecule has 0 unspecified atom stereocenters. The van der Waals surface area contributed by atoms with Crippen molar-refractivity contribution in [1.82, 2.24) is 5.32 Å². The zero-order valence-corrected chi connectivity index (χ0v) is 7.54. The molecule has 5 heteroatoms. The highest BCUT2D eigenvalue weighted by Crippen LogP contribution is 2.33. The first-order chi connectivity index (χ1) is 6.62. The van der Waals surface area contributed by atoms with Crippen molar-refractivity contribution < 1.29 is 9.59 Å². The molecule has 1 rings (SSSR count). The minimum atomic E-state index is -0.963. The van der Waals surface area contributed by atoms with Gasteiger partial charge in [-0.05, 0) is 6.42 Å². The zero-order chi connectivity index (χ0) is 10.6. The van der Waals surface area contributed by atoms with E-state index in [9.17, 15) is 9.59 Å². The Kier molecular flexibility index (Phi) is 2.83. The molecule has 1 saturated heterocycles. The Bertz CT molecular complexity index is 332.